The first kappa shape index (κ1) is 15.1. The number of nitrogens with zero attached hydrogens (tertiary/aromatic N) is 2. The molecule has 2 rings (SSSR count). The zero-order chi connectivity index (χ0) is 14.4. The van der Waals surface area contributed by atoms with Gasteiger partial charge in [-0.25, -0.2) is 0 Å². The number of hydrogen-bond acceptors (Lipinski definition) is 3. The lowest BCUT2D eigenvalue weighted by Crippen LogP contribution is -2.40. The third-order valence-corrected chi connectivity index (χ3v) is 4.06. The molecular formula is C14H27N5O. The van der Waals surface area contributed by atoms with Crippen LogP contribution in [0.4, 0.5) is 0 Å². The van der Waals surface area contributed by atoms with E-state index in [1.54, 1.807) is 0 Å². The molecule has 1 amide bonds. The maximum Gasteiger partial charge on any atom is 0.223 e. The Morgan fingerprint density at radius 2 is 2.05 bits per heavy atom. The summed E-state index contributed by atoms with van der Waals surface area (Å²) in [5, 5.41) is 5.94. The highest BCUT2D eigenvalue weighted by Crippen LogP contribution is 2.28. The zero-order valence-corrected chi connectivity index (χ0v) is 12.4. The second-order valence-electron chi connectivity index (χ2n) is 5.64. The van der Waals surface area contributed by atoms with Crippen LogP contribution in [-0.2, 0) is 4.79 Å². The molecule has 0 aromatic carbocycles. The molecule has 6 nitrogen and oxygen atoms in total. The minimum absolute atomic E-state index is 0.173. The van der Waals surface area contributed by atoms with Crippen molar-refractivity contribution in [2.45, 2.75) is 38.6 Å². The van der Waals surface area contributed by atoms with Crippen LogP contribution >= 0.6 is 0 Å². The summed E-state index contributed by atoms with van der Waals surface area (Å²) in [5.41, 5.74) is 5.84. The standard InChI is InChI=1S/C14H27N5O/c1-2-19-9-3-4-12(19)10-18-14(15)17-8-7-16-13(20)11-5-6-11/h11-12H,2-10H2,1H3,(H,16,20)(H3,15,17,18). The number of nitrogens with two attached hydrogens (primary N) is 1. The number of hydrogen-bond donors (Lipinski definition) is 3. The van der Waals surface area contributed by atoms with Crippen molar-refractivity contribution in [1.82, 2.24) is 15.5 Å². The highest BCUT2D eigenvalue weighted by Gasteiger charge is 2.29. The Balaban J connectivity index is 1.57. The fourth-order valence-corrected chi connectivity index (χ4v) is 2.64. The average Bonchev–Trinajstić information content (AvgIpc) is 3.20. The minimum Gasteiger partial charge on any atom is -0.370 e. The molecule has 0 spiro atoms. The van der Waals surface area contributed by atoms with Crippen molar-refractivity contribution < 1.29 is 4.79 Å². The van der Waals surface area contributed by atoms with Gasteiger partial charge in [0.2, 0.25) is 5.91 Å². The second-order valence-corrected chi connectivity index (χ2v) is 5.64. The molecule has 1 heterocycles. The minimum atomic E-state index is 0.173. The molecule has 0 aromatic heterocycles. The predicted molar refractivity (Wildman–Crippen MR) is 80.5 cm³/mol. The third kappa shape index (κ3) is 4.67. The lowest BCUT2D eigenvalue weighted by Gasteiger charge is -2.20. The Labute approximate surface area is 121 Å². The number of nitrogens with one attached hydrogen (secondary N) is 2. The lowest BCUT2D eigenvalue weighted by molar-refractivity contribution is -0.122. The smallest absolute Gasteiger partial charge is 0.223 e. The van der Waals surface area contributed by atoms with Crippen molar-refractivity contribution in [3.8, 4) is 0 Å². The number of rotatable bonds is 7. The normalized spacial score (nSPS) is 23.9. The van der Waals surface area contributed by atoms with Gasteiger partial charge in [0.05, 0.1) is 6.54 Å². The summed E-state index contributed by atoms with van der Waals surface area (Å²) in [6.45, 7) is 6.46. The van der Waals surface area contributed by atoms with Crippen LogP contribution in [0.1, 0.15) is 32.6 Å². The summed E-state index contributed by atoms with van der Waals surface area (Å²) >= 11 is 0. The summed E-state index contributed by atoms with van der Waals surface area (Å²) in [6, 6.07) is 0.537. The molecule has 1 unspecified atom stereocenters. The van der Waals surface area contributed by atoms with Gasteiger partial charge in [0, 0.05) is 25.0 Å². The maximum absolute atomic E-state index is 11.4. The third-order valence-electron chi connectivity index (χ3n) is 4.06. The lowest BCUT2D eigenvalue weighted by atomic mass is 10.2. The Hall–Kier alpha value is -1.30. The monoisotopic (exact) mass is 281 g/mol. The van der Waals surface area contributed by atoms with E-state index in [0.717, 1.165) is 25.9 Å². The van der Waals surface area contributed by atoms with Crippen LogP contribution in [-0.4, -0.2) is 55.5 Å². The van der Waals surface area contributed by atoms with Gasteiger partial charge in [-0.15, -0.1) is 0 Å². The summed E-state index contributed by atoms with van der Waals surface area (Å²) in [6.07, 6.45) is 4.55. The molecule has 1 aliphatic carbocycles. The Bertz CT molecular complexity index is 353. The molecular weight excluding hydrogens is 254 g/mol. The van der Waals surface area contributed by atoms with Gasteiger partial charge in [-0.3, -0.25) is 14.7 Å². The number of likely N-dealkylation sites (N-methyl/N-ethyl adjacent to an activating group) is 1. The van der Waals surface area contributed by atoms with Crippen molar-refractivity contribution in [2.75, 3.05) is 32.7 Å². The molecule has 1 saturated carbocycles. The number of carbonyl (C=O) groups excluding carboxylic acids is 1. The van der Waals surface area contributed by atoms with E-state index in [-0.39, 0.29) is 11.8 Å². The van der Waals surface area contributed by atoms with Crippen LogP contribution in [0.3, 0.4) is 0 Å². The highest BCUT2D eigenvalue weighted by molar-refractivity contribution is 5.81. The van der Waals surface area contributed by atoms with Gasteiger partial charge in [-0.1, -0.05) is 6.92 Å². The average molecular weight is 281 g/mol. The van der Waals surface area contributed by atoms with E-state index in [9.17, 15) is 4.79 Å². The van der Waals surface area contributed by atoms with Crippen LogP contribution in [0, 0.1) is 5.92 Å². The Morgan fingerprint density at radius 1 is 1.30 bits per heavy atom. The number of likely N-dealkylation sites (tertiary alicyclic amines) is 1. The Kier molecular flexibility index (Phi) is 5.64. The van der Waals surface area contributed by atoms with E-state index in [1.807, 2.05) is 0 Å². The first-order valence-corrected chi connectivity index (χ1v) is 7.76. The van der Waals surface area contributed by atoms with E-state index in [1.165, 1.54) is 19.4 Å². The number of amides is 1. The molecule has 2 fully saturated rings. The second kappa shape index (κ2) is 7.47. The van der Waals surface area contributed by atoms with Crippen molar-refractivity contribution in [1.29, 1.82) is 0 Å². The van der Waals surface area contributed by atoms with Crippen LogP contribution in [0.5, 0.6) is 0 Å². The summed E-state index contributed by atoms with van der Waals surface area (Å²) in [5.74, 6) is 0.920. The van der Waals surface area contributed by atoms with E-state index >= 15 is 0 Å². The molecule has 0 bridgehead atoms. The van der Waals surface area contributed by atoms with Gasteiger partial charge in [-0.05, 0) is 38.8 Å². The van der Waals surface area contributed by atoms with Crippen LogP contribution < -0.4 is 16.4 Å². The van der Waals surface area contributed by atoms with Crippen molar-refractivity contribution in [2.24, 2.45) is 16.6 Å². The van der Waals surface area contributed by atoms with Crippen molar-refractivity contribution >= 4 is 11.9 Å². The van der Waals surface area contributed by atoms with Crippen molar-refractivity contribution in [3.05, 3.63) is 0 Å². The molecule has 1 saturated heterocycles. The molecule has 1 aliphatic heterocycles. The van der Waals surface area contributed by atoms with Crippen LogP contribution in [0.15, 0.2) is 4.99 Å². The summed E-state index contributed by atoms with van der Waals surface area (Å²) < 4.78 is 0. The van der Waals surface area contributed by atoms with E-state index < -0.39 is 0 Å². The van der Waals surface area contributed by atoms with Crippen LogP contribution in [0.25, 0.3) is 0 Å². The van der Waals surface area contributed by atoms with E-state index in [4.69, 9.17) is 5.73 Å². The van der Waals surface area contributed by atoms with Gasteiger partial charge < -0.3 is 16.4 Å². The largest absolute Gasteiger partial charge is 0.370 e. The van der Waals surface area contributed by atoms with Gasteiger partial charge in [0.1, 0.15) is 0 Å². The number of aliphatic imine (C=N–C) groups is 1. The quantitative estimate of drug-likeness (QED) is 0.346. The predicted octanol–water partition coefficient (Wildman–Crippen LogP) is -0.0988. The Morgan fingerprint density at radius 3 is 2.75 bits per heavy atom. The SMILES string of the molecule is CCN1CCCC1CN=C(N)NCCNC(=O)C1CC1. The van der Waals surface area contributed by atoms with Gasteiger partial charge in [-0.2, -0.15) is 0 Å². The zero-order valence-electron chi connectivity index (χ0n) is 12.4. The summed E-state index contributed by atoms with van der Waals surface area (Å²) in [4.78, 5) is 18.3. The molecule has 114 valence electrons. The van der Waals surface area contributed by atoms with Crippen LogP contribution in [0.2, 0.25) is 0 Å². The fourth-order valence-electron chi connectivity index (χ4n) is 2.64. The fraction of sp³-hybridized carbons (Fsp3) is 0.857. The van der Waals surface area contributed by atoms with E-state index in [2.05, 4.69) is 27.4 Å². The summed E-state index contributed by atoms with van der Waals surface area (Å²) in [7, 11) is 0. The van der Waals surface area contributed by atoms with Gasteiger partial charge >= 0.3 is 0 Å². The van der Waals surface area contributed by atoms with Crippen molar-refractivity contribution in [3.63, 3.8) is 0 Å². The number of guanidine groups is 1. The highest BCUT2D eigenvalue weighted by atomic mass is 16.2. The van der Waals surface area contributed by atoms with E-state index in [0.29, 0.717) is 25.1 Å². The molecule has 20 heavy (non-hydrogen) atoms. The molecule has 0 aromatic rings. The molecule has 6 heteroatoms. The maximum atomic E-state index is 11.4. The van der Waals surface area contributed by atoms with Gasteiger partial charge in [0.15, 0.2) is 5.96 Å². The molecule has 0 radical (unpaired) electrons. The van der Waals surface area contributed by atoms with Gasteiger partial charge in [0.25, 0.3) is 0 Å². The first-order chi connectivity index (χ1) is 9.70. The number of carbonyl (C=O) groups is 1. The molecule has 2 aliphatic rings. The first-order valence-electron chi connectivity index (χ1n) is 7.76. The molecule has 4 N–H and O–H groups in total. The molecule has 1 atom stereocenters. The topological polar surface area (TPSA) is 82.8 Å².